The zero-order chi connectivity index (χ0) is 18.8. The van der Waals surface area contributed by atoms with Gasteiger partial charge in [-0.3, -0.25) is 4.79 Å². The first-order valence-corrected chi connectivity index (χ1v) is 8.42. The maximum Gasteiger partial charge on any atom is 0.453 e. The van der Waals surface area contributed by atoms with Crippen molar-refractivity contribution >= 4 is 40.9 Å². The van der Waals surface area contributed by atoms with E-state index in [-0.39, 0.29) is 23.4 Å². The number of hydrogen-bond donors (Lipinski definition) is 1. The second kappa shape index (κ2) is 7.71. The van der Waals surface area contributed by atoms with Crippen LogP contribution in [-0.2, 0) is 17.5 Å². The number of hydrogen-bond acceptors (Lipinski definition) is 5. The fourth-order valence-corrected chi connectivity index (χ4v) is 2.92. The van der Waals surface area contributed by atoms with E-state index in [2.05, 4.69) is 10.2 Å². The third-order valence-electron chi connectivity index (χ3n) is 3.07. The van der Waals surface area contributed by atoms with Crippen molar-refractivity contribution in [2.45, 2.75) is 17.9 Å². The van der Waals surface area contributed by atoms with E-state index in [9.17, 15) is 18.0 Å². The van der Waals surface area contributed by atoms with E-state index in [1.165, 1.54) is 4.90 Å². The van der Waals surface area contributed by atoms with Crippen LogP contribution in [-0.4, -0.2) is 38.5 Å². The molecule has 0 radical (unpaired) electrons. The van der Waals surface area contributed by atoms with Crippen molar-refractivity contribution in [3.8, 4) is 0 Å². The van der Waals surface area contributed by atoms with Gasteiger partial charge in [0.1, 0.15) is 0 Å². The summed E-state index contributed by atoms with van der Waals surface area (Å²) in [5.41, 5.74) is 0.761. The van der Waals surface area contributed by atoms with Crippen molar-refractivity contribution in [3.05, 3.63) is 39.6 Å². The van der Waals surface area contributed by atoms with Crippen molar-refractivity contribution in [2.75, 3.05) is 18.6 Å². The van der Waals surface area contributed by atoms with E-state index in [0.29, 0.717) is 14.7 Å². The van der Waals surface area contributed by atoms with Gasteiger partial charge in [-0.05, 0) is 17.7 Å². The van der Waals surface area contributed by atoms with E-state index < -0.39 is 12.0 Å². The van der Waals surface area contributed by atoms with Gasteiger partial charge < -0.3 is 10.7 Å². The molecule has 6 nitrogen and oxygen atoms in total. The average Bonchev–Trinajstić information content (AvgIpc) is 2.89. The number of nitrogens with zero attached hydrogens (tertiary/aromatic N) is 4. The summed E-state index contributed by atoms with van der Waals surface area (Å²) in [4.78, 5) is 13.5. The Kier molecular flexibility index (Phi) is 6.07. The molecule has 0 unspecified atom stereocenters. The zero-order valence-electron chi connectivity index (χ0n) is 12.7. The Morgan fingerprint density at radius 3 is 2.56 bits per heavy atom. The lowest BCUT2D eigenvalue weighted by Gasteiger charge is -2.17. The summed E-state index contributed by atoms with van der Waals surface area (Å²) in [5.74, 6) is 3.50. The van der Waals surface area contributed by atoms with E-state index >= 15 is 0 Å². The topological polar surface area (TPSA) is 77.0 Å². The molecule has 0 spiro atoms. The van der Waals surface area contributed by atoms with Crippen LogP contribution in [0, 0.1) is 0 Å². The van der Waals surface area contributed by atoms with Crippen LogP contribution < -0.4 is 5.84 Å². The van der Waals surface area contributed by atoms with Crippen molar-refractivity contribution in [3.63, 3.8) is 0 Å². The number of aromatic nitrogens is 3. The molecule has 136 valence electrons. The first kappa shape index (κ1) is 19.7. The highest BCUT2D eigenvalue weighted by Gasteiger charge is 2.38. The van der Waals surface area contributed by atoms with Gasteiger partial charge in [0.05, 0.1) is 15.8 Å². The minimum Gasteiger partial charge on any atom is -0.341 e. The fraction of sp³-hybridized carbons (Fsp3) is 0.308. The second-order valence-electron chi connectivity index (χ2n) is 4.96. The quantitative estimate of drug-likeness (QED) is 0.601. The lowest BCUT2D eigenvalue weighted by Crippen LogP contribution is -2.28. The van der Waals surface area contributed by atoms with Gasteiger partial charge in [-0.25, -0.2) is 4.68 Å². The van der Waals surface area contributed by atoms with Crippen LogP contribution in [0.2, 0.25) is 10.0 Å². The van der Waals surface area contributed by atoms with Crippen LogP contribution in [0.4, 0.5) is 13.2 Å². The molecule has 0 atom stereocenters. The molecule has 2 rings (SSSR count). The Balaban J connectivity index is 1.95. The zero-order valence-corrected chi connectivity index (χ0v) is 15.0. The maximum absolute atomic E-state index is 12.6. The SMILES string of the molecule is CN(Cc1ccc(Cl)c(Cl)c1)C(=O)CSc1nnc(C(F)(F)F)n1N. The molecular weight excluding hydrogens is 402 g/mol. The number of benzene rings is 1. The van der Waals surface area contributed by atoms with Crippen LogP contribution in [0.1, 0.15) is 11.4 Å². The Labute approximate surface area is 155 Å². The number of amides is 1. The van der Waals surface area contributed by atoms with Crippen LogP contribution in [0.5, 0.6) is 0 Å². The predicted molar refractivity (Wildman–Crippen MR) is 88.8 cm³/mol. The maximum atomic E-state index is 12.6. The van der Waals surface area contributed by atoms with Crippen molar-refractivity contribution in [1.29, 1.82) is 0 Å². The molecule has 25 heavy (non-hydrogen) atoms. The number of halogens is 5. The molecule has 0 fully saturated rings. The van der Waals surface area contributed by atoms with Gasteiger partial charge in [-0.15, -0.1) is 10.2 Å². The standard InChI is InChI=1S/C13H12Cl2F3N5OS/c1-22(5-7-2-3-8(14)9(15)4-7)10(24)6-25-12-21-20-11(23(12)19)13(16,17)18/h2-4H,5-6,19H2,1H3. The number of rotatable bonds is 5. The van der Waals surface area contributed by atoms with E-state index in [1.807, 2.05) is 0 Å². The minimum atomic E-state index is -4.71. The molecule has 0 saturated heterocycles. The number of carbonyl (C=O) groups is 1. The summed E-state index contributed by atoms with van der Waals surface area (Å²) < 4.78 is 38.1. The molecule has 0 aliphatic carbocycles. The molecule has 0 saturated carbocycles. The third kappa shape index (κ3) is 4.93. The summed E-state index contributed by atoms with van der Waals surface area (Å²) in [5, 5.41) is 6.89. The molecule has 1 aromatic heterocycles. The predicted octanol–water partition coefficient (Wildman–Crippen LogP) is 3.07. The number of nitrogen functional groups attached to an aromatic ring is 1. The molecule has 0 aliphatic rings. The average molecular weight is 414 g/mol. The van der Waals surface area contributed by atoms with Gasteiger partial charge in [-0.1, -0.05) is 41.0 Å². The van der Waals surface area contributed by atoms with E-state index in [4.69, 9.17) is 29.0 Å². The molecular formula is C13H12Cl2F3N5OS. The molecule has 0 bridgehead atoms. The second-order valence-corrected chi connectivity index (χ2v) is 6.72. The summed E-state index contributed by atoms with van der Waals surface area (Å²) in [6.45, 7) is 0.263. The largest absolute Gasteiger partial charge is 0.453 e. The normalized spacial score (nSPS) is 11.6. The highest BCUT2D eigenvalue weighted by Crippen LogP contribution is 2.29. The van der Waals surface area contributed by atoms with Crippen LogP contribution in [0.15, 0.2) is 23.4 Å². The van der Waals surface area contributed by atoms with Crippen molar-refractivity contribution in [1.82, 2.24) is 19.8 Å². The van der Waals surface area contributed by atoms with Crippen molar-refractivity contribution in [2.24, 2.45) is 0 Å². The number of nitrogens with two attached hydrogens (primary N) is 1. The van der Waals surface area contributed by atoms with Gasteiger partial charge in [0.2, 0.25) is 11.1 Å². The third-order valence-corrected chi connectivity index (χ3v) is 4.74. The van der Waals surface area contributed by atoms with Gasteiger partial charge in [0.25, 0.3) is 5.82 Å². The lowest BCUT2D eigenvalue weighted by atomic mass is 10.2. The van der Waals surface area contributed by atoms with Crippen LogP contribution >= 0.6 is 35.0 Å². The Morgan fingerprint density at radius 2 is 2.00 bits per heavy atom. The highest BCUT2D eigenvalue weighted by molar-refractivity contribution is 7.99. The Morgan fingerprint density at radius 1 is 1.32 bits per heavy atom. The molecule has 2 aromatic rings. The minimum absolute atomic E-state index is 0.148. The molecule has 12 heteroatoms. The van der Waals surface area contributed by atoms with E-state index in [0.717, 1.165) is 17.3 Å². The molecule has 2 N–H and O–H groups in total. The Bertz CT molecular complexity index is 784. The van der Waals surface area contributed by atoms with Gasteiger partial charge >= 0.3 is 6.18 Å². The molecule has 1 heterocycles. The fourth-order valence-electron chi connectivity index (χ4n) is 1.81. The number of thioether (sulfide) groups is 1. The smallest absolute Gasteiger partial charge is 0.341 e. The van der Waals surface area contributed by atoms with Gasteiger partial charge in [0.15, 0.2) is 0 Å². The van der Waals surface area contributed by atoms with E-state index in [1.54, 1.807) is 25.2 Å². The number of carbonyl (C=O) groups excluding carboxylic acids is 1. The van der Waals surface area contributed by atoms with Gasteiger partial charge in [0, 0.05) is 13.6 Å². The first-order valence-electron chi connectivity index (χ1n) is 6.68. The summed E-state index contributed by atoms with van der Waals surface area (Å²) >= 11 is 12.5. The summed E-state index contributed by atoms with van der Waals surface area (Å²) in [6, 6.07) is 4.96. The van der Waals surface area contributed by atoms with Crippen LogP contribution in [0.25, 0.3) is 0 Å². The van der Waals surface area contributed by atoms with Crippen molar-refractivity contribution < 1.29 is 18.0 Å². The lowest BCUT2D eigenvalue weighted by molar-refractivity contribution is -0.146. The molecule has 0 aliphatic heterocycles. The van der Waals surface area contributed by atoms with Crippen LogP contribution in [0.3, 0.4) is 0 Å². The highest BCUT2D eigenvalue weighted by atomic mass is 35.5. The summed E-state index contributed by atoms with van der Waals surface area (Å²) in [6.07, 6.45) is -4.71. The summed E-state index contributed by atoms with van der Waals surface area (Å²) in [7, 11) is 1.56. The molecule has 1 aromatic carbocycles. The first-order chi connectivity index (χ1) is 11.6. The Hall–Kier alpha value is -1.65. The monoisotopic (exact) mass is 413 g/mol. The number of alkyl halides is 3. The van der Waals surface area contributed by atoms with Gasteiger partial charge in [-0.2, -0.15) is 13.2 Å². The molecule has 1 amide bonds.